The van der Waals surface area contributed by atoms with Crippen LogP contribution < -0.4 is 14.2 Å². The van der Waals surface area contributed by atoms with Crippen molar-refractivity contribution in [2.45, 2.75) is 0 Å². The molecule has 5 heteroatoms. The average Bonchev–Trinajstić information content (AvgIpc) is 2.71. The molecule has 0 heterocycles. The topological polar surface area (TPSA) is 75.3 Å². The van der Waals surface area contributed by atoms with Crippen molar-refractivity contribution < 1.29 is 14.2 Å². The van der Waals surface area contributed by atoms with Crippen molar-refractivity contribution in [2.24, 2.45) is 0 Å². The zero-order valence-corrected chi connectivity index (χ0v) is 14.8. The molecule has 0 fully saturated rings. The molecule has 0 aliphatic heterocycles. The maximum Gasteiger partial charge on any atom is 0.161 e. The second-order valence-corrected chi connectivity index (χ2v) is 5.19. The van der Waals surface area contributed by atoms with E-state index in [2.05, 4.69) is 0 Å². The molecule has 0 spiro atoms. The van der Waals surface area contributed by atoms with Crippen molar-refractivity contribution in [1.29, 1.82) is 10.5 Å². The van der Waals surface area contributed by atoms with Gasteiger partial charge in [0.15, 0.2) is 11.5 Å². The summed E-state index contributed by atoms with van der Waals surface area (Å²) in [5.74, 6) is 1.93. The van der Waals surface area contributed by atoms with Crippen LogP contribution in [0.1, 0.15) is 11.1 Å². The molecule has 0 aromatic heterocycles. The molecule has 130 valence electrons. The predicted octanol–water partition coefficient (Wildman–Crippen LogP) is 4.23. The Bertz CT molecular complexity index is 898. The Kier molecular flexibility index (Phi) is 6.42. The van der Waals surface area contributed by atoms with E-state index in [1.54, 1.807) is 45.6 Å². The highest BCUT2D eigenvalue weighted by Crippen LogP contribution is 2.29. The van der Waals surface area contributed by atoms with Gasteiger partial charge < -0.3 is 14.2 Å². The Morgan fingerprint density at radius 1 is 0.846 bits per heavy atom. The third kappa shape index (κ3) is 4.23. The standard InChI is InChI=1S/C21H18N2O3/c1-24-18-8-6-16(7-9-18)19(17(13-22)14-23)10-4-15-5-11-20(25-2)21(12-15)26-3/h4-12H,1-3H3/b10-4+. The number of rotatable bonds is 6. The highest BCUT2D eigenvalue weighted by molar-refractivity contribution is 5.85. The summed E-state index contributed by atoms with van der Waals surface area (Å²) in [6.07, 6.45) is 3.56. The number of hydrogen-bond donors (Lipinski definition) is 0. The molecule has 2 rings (SSSR count). The Hall–Kier alpha value is -3.70. The largest absolute Gasteiger partial charge is 0.497 e. The van der Waals surface area contributed by atoms with Gasteiger partial charge >= 0.3 is 0 Å². The molecular formula is C21H18N2O3. The van der Waals surface area contributed by atoms with Gasteiger partial charge in [-0.2, -0.15) is 10.5 Å². The lowest BCUT2D eigenvalue weighted by molar-refractivity contribution is 0.355. The lowest BCUT2D eigenvalue weighted by atomic mass is 9.99. The highest BCUT2D eigenvalue weighted by atomic mass is 16.5. The van der Waals surface area contributed by atoms with E-state index in [1.165, 1.54) is 0 Å². The lowest BCUT2D eigenvalue weighted by Gasteiger charge is -2.08. The molecule has 0 atom stereocenters. The predicted molar refractivity (Wildman–Crippen MR) is 99.7 cm³/mol. The van der Waals surface area contributed by atoms with Crippen LogP contribution in [0.2, 0.25) is 0 Å². The number of nitrogens with zero attached hydrogens (tertiary/aromatic N) is 2. The van der Waals surface area contributed by atoms with Gasteiger partial charge in [0.05, 0.1) is 21.3 Å². The Morgan fingerprint density at radius 2 is 1.50 bits per heavy atom. The number of ether oxygens (including phenoxy) is 3. The van der Waals surface area contributed by atoms with E-state index in [-0.39, 0.29) is 5.57 Å². The van der Waals surface area contributed by atoms with Crippen LogP contribution in [0.3, 0.4) is 0 Å². The van der Waals surface area contributed by atoms with Gasteiger partial charge in [-0.15, -0.1) is 0 Å². The maximum atomic E-state index is 9.28. The minimum Gasteiger partial charge on any atom is -0.497 e. The molecule has 2 aromatic rings. The molecule has 0 unspecified atom stereocenters. The van der Waals surface area contributed by atoms with Crippen LogP contribution in [0, 0.1) is 22.7 Å². The smallest absolute Gasteiger partial charge is 0.161 e. The van der Waals surface area contributed by atoms with Crippen LogP contribution >= 0.6 is 0 Å². The SMILES string of the molecule is COc1ccc(C(/C=C/c2ccc(OC)c(OC)c2)=C(C#N)C#N)cc1. The number of benzene rings is 2. The number of allylic oxidation sites excluding steroid dienone is 3. The lowest BCUT2D eigenvalue weighted by Crippen LogP contribution is -1.91. The normalized spacial score (nSPS) is 9.88. The average molecular weight is 346 g/mol. The molecule has 0 amide bonds. The first-order valence-corrected chi connectivity index (χ1v) is 7.75. The van der Waals surface area contributed by atoms with Crippen molar-refractivity contribution in [3.63, 3.8) is 0 Å². The third-order valence-electron chi connectivity index (χ3n) is 3.74. The van der Waals surface area contributed by atoms with E-state index < -0.39 is 0 Å². The summed E-state index contributed by atoms with van der Waals surface area (Å²) in [5, 5.41) is 18.6. The maximum absolute atomic E-state index is 9.28. The first kappa shape index (κ1) is 18.6. The van der Waals surface area contributed by atoms with Gasteiger partial charge in [-0.1, -0.05) is 30.4 Å². The van der Waals surface area contributed by atoms with Gasteiger partial charge in [0.1, 0.15) is 23.5 Å². The van der Waals surface area contributed by atoms with Gasteiger partial charge in [0.25, 0.3) is 0 Å². The van der Waals surface area contributed by atoms with Crippen LogP contribution in [0.15, 0.2) is 54.1 Å². The number of nitriles is 2. The molecule has 0 bridgehead atoms. The fourth-order valence-corrected chi connectivity index (χ4v) is 2.38. The molecule has 0 radical (unpaired) electrons. The summed E-state index contributed by atoms with van der Waals surface area (Å²) in [6, 6.07) is 16.6. The molecule has 0 saturated heterocycles. The molecular weight excluding hydrogens is 328 g/mol. The Morgan fingerprint density at radius 3 is 2.04 bits per heavy atom. The van der Waals surface area contributed by atoms with Gasteiger partial charge in [-0.05, 0) is 35.4 Å². The van der Waals surface area contributed by atoms with Crippen molar-refractivity contribution >= 4 is 11.6 Å². The fourth-order valence-electron chi connectivity index (χ4n) is 2.38. The van der Waals surface area contributed by atoms with Crippen LogP contribution in [0.5, 0.6) is 17.2 Å². The quantitative estimate of drug-likeness (QED) is 0.578. The minimum atomic E-state index is 0.0342. The molecule has 0 aliphatic rings. The van der Waals surface area contributed by atoms with Gasteiger partial charge in [0.2, 0.25) is 0 Å². The van der Waals surface area contributed by atoms with E-state index in [1.807, 2.05) is 42.5 Å². The van der Waals surface area contributed by atoms with Crippen molar-refractivity contribution in [3.05, 3.63) is 65.2 Å². The van der Waals surface area contributed by atoms with E-state index in [0.717, 1.165) is 11.1 Å². The number of methoxy groups -OCH3 is 3. The molecule has 0 N–H and O–H groups in total. The summed E-state index contributed by atoms with van der Waals surface area (Å²) in [5.41, 5.74) is 2.17. The first-order chi connectivity index (χ1) is 12.7. The first-order valence-electron chi connectivity index (χ1n) is 7.75. The fraction of sp³-hybridized carbons (Fsp3) is 0.143. The van der Waals surface area contributed by atoms with Crippen molar-refractivity contribution in [3.8, 4) is 29.4 Å². The summed E-state index contributed by atoms with van der Waals surface area (Å²) < 4.78 is 15.7. The summed E-state index contributed by atoms with van der Waals surface area (Å²) in [6.45, 7) is 0. The van der Waals surface area contributed by atoms with Gasteiger partial charge in [-0.25, -0.2) is 0 Å². The number of hydrogen-bond acceptors (Lipinski definition) is 5. The second-order valence-electron chi connectivity index (χ2n) is 5.19. The van der Waals surface area contributed by atoms with Crippen LogP contribution in [0.25, 0.3) is 11.6 Å². The van der Waals surface area contributed by atoms with Crippen LogP contribution in [-0.2, 0) is 0 Å². The molecule has 0 saturated carbocycles. The van der Waals surface area contributed by atoms with Crippen molar-refractivity contribution in [1.82, 2.24) is 0 Å². The van der Waals surface area contributed by atoms with Gasteiger partial charge in [0, 0.05) is 5.57 Å². The zero-order chi connectivity index (χ0) is 18.9. The molecule has 0 aliphatic carbocycles. The van der Waals surface area contributed by atoms with Crippen LogP contribution in [-0.4, -0.2) is 21.3 Å². The second kappa shape index (κ2) is 8.96. The molecule has 2 aromatic carbocycles. The van der Waals surface area contributed by atoms with E-state index >= 15 is 0 Å². The minimum absolute atomic E-state index is 0.0342. The van der Waals surface area contributed by atoms with E-state index in [0.29, 0.717) is 22.8 Å². The zero-order valence-electron chi connectivity index (χ0n) is 14.8. The monoisotopic (exact) mass is 346 g/mol. The Balaban J connectivity index is 2.45. The van der Waals surface area contributed by atoms with Gasteiger partial charge in [-0.3, -0.25) is 0 Å². The van der Waals surface area contributed by atoms with E-state index in [9.17, 15) is 10.5 Å². The summed E-state index contributed by atoms with van der Waals surface area (Å²) >= 11 is 0. The highest BCUT2D eigenvalue weighted by Gasteiger charge is 2.08. The summed E-state index contributed by atoms with van der Waals surface area (Å²) in [4.78, 5) is 0. The molecule has 5 nitrogen and oxygen atoms in total. The summed E-state index contributed by atoms with van der Waals surface area (Å²) in [7, 11) is 4.72. The Labute approximate surface area is 153 Å². The van der Waals surface area contributed by atoms with E-state index in [4.69, 9.17) is 14.2 Å². The van der Waals surface area contributed by atoms with Crippen LogP contribution in [0.4, 0.5) is 0 Å². The third-order valence-corrected chi connectivity index (χ3v) is 3.74. The van der Waals surface area contributed by atoms with Crippen molar-refractivity contribution in [2.75, 3.05) is 21.3 Å². The molecule has 26 heavy (non-hydrogen) atoms.